The summed E-state index contributed by atoms with van der Waals surface area (Å²) in [6.07, 6.45) is 0.832. The van der Waals surface area contributed by atoms with Gasteiger partial charge in [0.1, 0.15) is 33.0 Å². The molecule has 188 valence electrons. The van der Waals surface area contributed by atoms with Crippen LogP contribution in [0.5, 0.6) is 0 Å². The van der Waals surface area contributed by atoms with Crippen molar-refractivity contribution < 1.29 is 33.1 Å². The van der Waals surface area contributed by atoms with Crippen LogP contribution in [0.4, 0.5) is 5.13 Å². The Kier molecular flexibility index (Phi) is 7.70. The number of β-lactam (4-membered cyclic amide) rings is 1. The highest BCUT2D eigenvalue weighted by molar-refractivity contribution is 8.09. The number of amidine groups is 1. The van der Waals surface area contributed by atoms with Crippen LogP contribution >= 0.6 is 46.5 Å². The van der Waals surface area contributed by atoms with Crippen molar-refractivity contribution in [2.75, 3.05) is 17.7 Å². The van der Waals surface area contributed by atoms with Crippen molar-refractivity contribution >= 4 is 90.9 Å². The fourth-order valence-corrected chi connectivity index (χ4v) is 6.79. The molecule has 3 rings (SSSR count). The zero-order valence-corrected chi connectivity index (χ0v) is 21.5. The number of carboxylic acids is 1. The van der Waals surface area contributed by atoms with Crippen molar-refractivity contribution in [1.29, 1.82) is 0 Å². The van der Waals surface area contributed by atoms with Gasteiger partial charge in [0, 0.05) is 15.6 Å². The minimum Gasteiger partial charge on any atom is -0.477 e. The predicted octanol–water partition coefficient (Wildman–Crippen LogP) is -0.183. The monoisotopic (exact) mass is 581 g/mol. The quantitative estimate of drug-likeness (QED) is 0.0884. The molecule has 0 saturated carbocycles. The van der Waals surface area contributed by atoms with Crippen LogP contribution in [0.15, 0.2) is 31.6 Å². The maximum atomic E-state index is 12.8. The Bertz CT molecular complexity index is 1340. The molecular weight excluding hydrogens is 566 g/mol. The van der Waals surface area contributed by atoms with Gasteiger partial charge in [0.25, 0.3) is 21.8 Å². The second-order valence-corrected chi connectivity index (χ2v) is 12.4. The molecule has 2 aliphatic heterocycles. The standard InChI is InChI=1S/C16H16ClN7O7S4/c1-4(11(18)23-35(2,30)31)33-5-3-32-14-8(13(26)24(14)9(5)15(27)28)20-12(25)7(22-29)6-10(17)34-16(19)21-6/h8,14,29H,1,3H2,2H3,(H2,18,23)(H2,19,21)(H,20,25)(H,27,28)/b22-7-. The maximum absolute atomic E-state index is 12.8. The molecule has 3 heterocycles. The van der Waals surface area contributed by atoms with Gasteiger partial charge in [0.2, 0.25) is 0 Å². The van der Waals surface area contributed by atoms with Gasteiger partial charge in [0.05, 0.1) is 6.26 Å². The first kappa shape index (κ1) is 26.8. The SMILES string of the molecule is C=C(SC1=C(C(=O)O)N2C(=O)C(NC(=O)/C(=N\O)c3nc(N)sc3Cl)C2SC1)/C(N)=N\S(C)(=O)=O. The average molecular weight is 582 g/mol. The van der Waals surface area contributed by atoms with Gasteiger partial charge in [-0.2, -0.15) is 0 Å². The molecular formula is C16H16ClN7O7S4. The van der Waals surface area contributed by atoms with E-state index in [-0.39, 0.29) is 36.4 Å². The summed E-state index contributed by atoms with van der Waals surface area (Å²) in [5, 5.41) is 23.5. The zero-order chi connectivity index (χ0) is 26.2. The van der Waals surface area contributed by atoms with Crippen LogP contribution < -0.4 is 16.8 Å². The summed E-state index contributed by atoms with van der Waals surface area (Å²) >= 11 is 8.70. The molecule has 1 aromatic rings. The molecule has 1 aromatic heterocycles. The van der Waals surface area contributed by atoms with Crippen molar-refractivity contribution in [3.8, 4) is 0 Å². The van der Waals surface area contributed by atoms with Crippen LogP contribution in [0.1, 0.15) is 5.69 Å². The van der Waals surface area contributed by atoms with E-state index in [0.717, 1.165) is 46.0 Å². The minimum atomic E-state index is -3.81. The lowest BCUT2D eigenvalue weighted by Crippen LogP contribution is -2.71. The average Bonchev–Trinajstić information content (AvgIpc) is 3.08. The Morgan fingerprint density at radius 1 is 1.43 bits per heavy atom. The molecule has 2 unspecified atom stereocenters. The number of hydrogen-bond acceptors (Lipinski definition) is 12. The Hall–Kier alpha value is -2.80. The highest BCUT2D eigenvalue weighted by atomic mass is 35.5. The van der Waals surface area contributed by atoms with Gasteiger partial charge in [-0.3, -0.25) is 14.5 Å². The highest BCUT2D eigenvalue weighted by Crippen LogP contribution is 2.44. The molecule has 19 heteroatoms. The third-order valence-corrected chi connectivity index (χ3v) is 8.47. The second-order valence-electron chi connectivity index (χ2n) is 6.80. The molecule has 0 spiro atoms. The number of oxime groups is 1. The number of hydrogen-bond donors (Lipinski definition) is 5. The van der Waals surface area contributed by atoms with Crippen molar-refractivity contribution in [2.45, 2.75) is 11.4 Å². The summed E-state index contributed by atoms with van der Waals surface area (Å²) in [7, 11) is -3.81. The summed E-state index contributed by atoms with van der Waals surface area (Å²) in [6, 6.07) is -1.14. The van der Waals surface area contributed by atoms with Gasteiger partial charge in [-0.15, -0.1) is 16.2 Å². The Balaban J connectivity index is 1.80. The number of amides is 2. The first-order valence-electron chi connectivity index (χ1n) is 9.03. The van der Waals surface area contributed by atoms with Gasteiger partial charge >= 0.3 is 5.97 Å². The van der Waals surface area contributed by atoms with E-state index in [9.17, 15) is 33.1 Å². The topological polar surface area (TPSA) is 231 Å². The minimum absolute atomic E-state index is 0.00395. The van der Waals surface area contributed by atoms with Crippen LogP contribution in [0.3, 0.4) is 0 Å². The molecule has 2 aliphatic rings. The molecule has 0 radical (unpaired) electrons. The Morgan fingerprint density at radius 3 is 2.60 bits per heavy atom. The molecule has 0 aromatic carbocycles. The van der Waals surface area contributed by atoms with Crippen molar-refractivity contribution in [3.63, 3.8) is 0 Å². The zero-order valence-electron chi connectivity index (χ0n) is 17.5. The van der Waals surface area contributed by atoms with Gasteiger partial charge in [-0.25, -0.2) is 18.2 Å². The lowest BCUT2D eigenvalue weighted by Gasteiger charge is -2.49. The van der Waals surface area contributed by atoms with Crippen LogP contribution in [-0.2, 0) is 24.4 Å². The number of aromatic nitrogens is 1. The third-order valence-electron chi connectivity index (χ3n) is 4.36. The first-order chi connectivity index (χ1) is 16.2. The number of thiazole rings is 1. The number of carbonyl (C=O) groups is 3. The summed E-state index contributed by atoms with van der Waals surface area (Å²) in [5.41, 5.74) is 10.0. The number of anilines is 1. The summed E-state index contributed by atoms with van der Waals surface area (Å²) in [6.45, 7) is 3.61. The van der Waals surface area contributed by atoms with Gasteiger partial charge < -0.3 is 27.1 Å². The molecule has 7 N–H and O–H groups in total. The molecule has 0 bridgehead atoms. The van der Waals surface area contributed by atoms with Crippen LogP contribution in [0, 0.1) is 0 Å². The number of nitrogen functional groups attached to an aromatic ring is 1. The summed E-state index contributed by atoms with van der Waals surface area (Å²) in [5.74, 6) is -3.48. The van der Waals surface area contributed by atoms with E-state index in [1.165, 1.54) is 0 Å². The van der Waals surface area contributed by atoms with E-state index in [0.29, 0.717) is 0 Å². The fraction of sp³-hybridized carbons (Fsp3) is 0.250. The van der Waals surface area contributed by atoms with E-state index >= 15 is 0 Å². The number of nitrogens with zero attached hydrogens (tertiary/aromatic N) is 4. The number of fused-ring (bicyclic) bond motifs is 1. The van der Waals surface area contributed by atoms with Gasteiger partial charge in [0.15, 0.2) is 10.8 Å². The third kappa shape index (κ3) is 5.56. The number of aliphatic carboxylic acids is 1. The number of halogens is 1. The number of carboxylic acid groups (broad SMARTS) is 1. The molecule has 14 nitrogen and oxygen atoms in total. The molecule has 2 atom stereocenters. The van der Waals surface area contributed by atoms with Crippen molar-refractivity contribution in [3.05, 3.63) is 32.1 Å². The van der Waals surface area contributed by atoms with Crippen molar-refractivity contribution in [2.24, 2.45) is 15.3 Å². The molecule has 0 aliphatic carbocycles. The highest BCUT2D eigenvalue weighted by Gasteiger charge is 2.54. The van der Waals surface area contributed by atoms with Crippen molar-refractivity contribution in [1.82, 2.24) is 15.2 Å². The van der Waals surface area contributed by atoms with E-state index in [1.54, 1.807) is 0 Å². The predicted molar refractivity (Wildman–Crippen MR) is 133 cm³/mol. The molecule has 1 saturated heterocycles. The number of sulfonamides is 1. The Morgan fingerprint density at radius 2 is 2.09 bits per heavy atom. The number of rotatable bonds is 8. The van der Waals surface area contributed by atoms with E-state index in [1.807, 2.05) is 0 Å². The summed E-state index contributed by atoms with van der Waals surface area (Å²) < 4.78 is 25.9. The lowest BCUT2D eigenvalue weighted by atomic mass is 10.0. The molecule has 1 fully saturated rings. The Labute approximate surface area is 215 Å². The van der Waals surface area contributed by atoms with Crippen LogP contribution in [0.25, 0.3) is 0 Å². The smallest absolute Gasteiger partial charge is 0.353 e. The lowest BCUT2D eigenvalue weighted by molar-refractivity contribution is -0.150. The first-order valence-corrected chi connectivity index (χ1v) is 13.9. The van der Waals surface area contributed by atoms with E-state index in [4.69, 9.17) is 23.1 Å². The van der Waals surface area contributed by atoms with Gasteiger partial charge in [-0.05, 0) is 0 Å². The molecule has 2 amide bonds. The maximum Gasteiger partial charge on any atom is 0.353 e. The van der Waals surface area contributed by atoms with E-state index in [2.05, 4.69) is 26.4 Å². The number of nitrogens with one attached hydrogen (secondary N) is 1. The molecule has 35 heavy (non-hydrogen) atoms. The summed E-state index contributed by atoms with van der Waals surface area (Å²) in [4.78, 5) is 42.3. The van der Waals surface area contributed by atoms with E-state index < -0.39 is 50.8 Å². The second kappa shape index (κ2) is 10.1. The van der Waals surface area contributed by atoms with Crippen LogP contribution in [-0.4, -0.2) is 81.4 Å². The number of thioether (sulfide) groups is 2. The van der Waals surface area contributed by atoms with Crippen LogP contribution in [0.2, 0.25) is 4.34 Å². The normalized spacial score (nSPS) is 20.9. The number of nitrogens with two attached hydrogens (primary N) is 2. The fourth-order valence-electron chi connectivity index (χ4n) is 2.97. The van der Waals surface area contributed by atoms with Gasteiger partial charge in [-0.1, -0.05) is 46.4 Å². The largest absolute Gasteiger partial charge is 0.477 e. The number of carbonyl (C=O) groups excluding carboxylic acids is 2.